The lowest BCUT2D eigenvalue weighted by Gasteiger charge is -2.33. The number of anilines is 3. The molecule has 2 N–H and O–H groups in total. The second-order valence-electron chi connectivity index (χ2n) is 7.87. The van der Waals surface area contributed by atoms with Crippen molar-refractivity contribution in [1.82, 2.24) is 9.97 Å². The first-order valence-electron chi connectivity index (χ1n) is 10.5. The highest BCUT2D eigenvalue weighted by Crippen LogP contribution is 2.31. The molecular formula is C23H23N5O3. The van der Waals surface area contributed by atoms with Crippen LogP contribution in [0.15, 0.2) is 48.8 Å². The Balaban J connectivity index is 1.38. The van der Waals surface area contributed by atoms with E-state index in [1.807, 2.05) is 30.3 Å². The zero-order valence-corrected chi connectivity index (χ0v) is 17.0. The van der Waals surface area contributed by atoms with Gasteiger partial charge in [0.15, 0.2) is 0 Å². The van der Waals surface area contributed by atoms with Crippen LogP contribution in [-0.4, -0.2) is 48.1 Å². The van der Waals surface area contributed by atoms with Crippen LogP contribution in [0, 0.1) is 5.92 Å². The van der Waals surface area contributed by atoms with Gasteiger partial charge in [-0.2, -0.15) is 0 Å². The van der Waals surface area contributed by atoms with Crippen molar-refractivity contribution in [3.8, 4) is 0 Å². The van der Waals surface area contributed by atoms with Gasteiger partial charge in [-0.05, 0) is 49.1 Å². The summed E-state index contributed by atoms with van der Waals surface area (Å²) >= 11 is 0. The van der Waals surface area contributed by atoms with E-state index in [1.54, 1.807) is 17.2 Å². The van der Waals surface area contributed by atoms with Gasteiger partial charge in [0.2, 0.25) is 5.91 Å². The van der Waals surface area contributed by atoms with Crippen LogP contribution in [0.5, 0.6) is 0 Å². The fourth-order valence-electron chi connectivity index (χ4n) is 4.05. The second-order valence-corrected chi connectivity index (χ2v) is 7.87. The molecule has 1 saturated heterocycles. The lowest BCUT2D eigenvalue weighted by Crippen LogP contribution is -2.44. The predicted octanol–water partition coefficient (Wildman–Crippen LogP) is 3.07. The largest absolute Gasteiger partial charge is 0.381 e. The van der Waals surface area contributed by atoms with Gasteiger partial charge < -0.3 is 20.3 Å². The fourth-order valence-corrected chi connectivity index (χ4v) is 4.05. The number of ether oxygens (including phenoxy) is 1. The molecule has 8 heteroatoms. The molecular weight excluding hydrogens is 394 g/mol. The van der Waals surface area contributed by atoms with Gasteiger partial charge >= 0.3 is 0 Å². The lowest BCUT2D eigenvalue weighted by molar-refractivity contribution is -0.117. The third-order valence-corrected chi connectivity index (χ3v) is 5.77. The number of fused-ring (bicyclic) bond motifs is 2. The van der Waals surface area contributed by atoms with Gasteiger partial charge in [-0.15, -0.1) is 0 Å². The van der Waals surface area contributed by atoms with Gasteiger partial charge in [-0.3, -0.25) is 14.6 Å². The van der Waals surface area contributed by atoms with Crippen molar-refractivity contribution in [3.05, 3.63) is 54.4 Å². The van der Waals surface area contributed by atoms with E-state index < -0.39 is 0 Å². The van der Waals surface area contributed by atoms with Gasteiger partial charge in [0.05, 0.1) is 23.3 Å². The Morgan fingerprint density at radius 1 is 1.19 bits per heavy atom. The van der Waals surface area contributed by atoms with Crippen LogP contribution in [0.25, 0.3) is 10.9 Å². The van der Waals surface area contributed by atoms with Crippen LogP contribution in [0.1, 0.15) is 23.2 Å². The Bertz CT molecular complexity index is 1140. The summed E-state index contributed by atoms with van der Waals surface area (Å²) in [4.78, 5) is 36.0. The van der Waals surface area contributed by atoms with Crippen molar-refractivity contribution in [1.29, 1.82) is 0 Å². The van der Waals surface area contributed by atoms with Gasteiger partial charge in [-0.25, -0.2) is 4.98 Å². The molecule has 2 aliphatic heterocycles. The Hall–Kier alpha value is -3.52. The van der Waals surface area contributed by atoms with Crippen molar-refractivity contribution < 1.29 is 14.3 Å². The average molecular weight is 417 g/mol. The van der Waals surface area contributed by atoms with Gasteiger partial charge in [-0.1, -0.05) is 6.07 Å². The quantitative estimate of drug-likeness (QED) is 0.677. The maximum absolute atomic E-state index is 12.9. The summed E-state index contributed by atoms with van der Waals surface area (Å²) in [6, 6.07) is 11.1. The number of hydrogen-bond donors (Lipinski definition) is 2. The van der Waals surface area contributed by atoms with Crippen LogP contribution >= 0.6 is 0 Å². The van der Waals surface area contributed by atoms with Crippen molar-refractivity contribution in [2.75, 3.05) is 41.8 Å². The van der Waals surface area contributed by atoms with Crippen LogP contribution in [0.4, 0.5) is 17.2 Å². The van der Waals surface area contributed by atoms with Crippen LogP contribution in [0.2, 0.25) is 0 Å². The van der Waals surface area contributed by atoms with Crippen molar-refractivity contribution in [2.24, 2.45) is 5.92 Å². The van der Waals surface area contributed by atoms with E-state index in [9.17, 15) is 9.59 Å². The molecule has 2 aliphatic rings. The molecule has 4 heterocycles. The molecule has 31 heavy (non-hydrogen) atoms. The number of carbonyl (C=O) groups is 2. The van der Waals surface area contributed by atoms with Crippen molar-refractivity contribution >= 4 is 39.9 Å². The Morgan fingerprint density at radius 3 is 2.94 bits per heavy atom. The summed E-state index contributed by atoms with van der Waals surface area (Å²) in [7, 11) is 0. The smallest absolute Gasteiger partial charge is 0.257 e. The van der Waals surface area contributed by atoms with Crippen molar-refractivity contribution in [3.63, 3.8) is 0 Å². The number of pyridine rings is 2. The van der Waals surface area contributed by atoms with Crippen LogP contribution < -0.4 is 15.5 Å². The van der Waals surface area contributed by atoms with Crippen LogP contribution in [-0.2, 0) is 9.53 Å². The zero-order chi connectivity index (χ0) is 21.2. The molecule has 1 aromatic carbocycles. The molecule has 3 aromatic rings. The Labute approximate surface area is 179 Å². The highest BCUT2D eigenvalue weighted by molar-refractivity contribution is 6.08. The van der Waals surface area contributed by atoms with E-state index in [4.69, 9.17) is 4.74 Å². The maximum Gasteiger partial charge on any atom is 0.257 e. The number of nitrogens with one attached hydrogen (secondary N) is 2. The molecule has 1 fully saturated rings. The van der Waals surface area contributed by atoms with E-state index in [2.05, 4.69) is 20.6 Å². The molecule has 158 valence electrons. The molecule has 0 bridgehead atoms. The molecule has 0 unspecified atom stereocenters. The fraction of sp³-hybridized carbons (Fsp3) is 0.304. The Kier molecular flexibility index (Phi) is 5.21. The number of benzene rings is 1. The molecule has 0 atom stereocenters. The summed E-state index contributed by atoms with van der Waals surface area (Å²) in [5, 5.41) is 6.91. The number of aromatic nitrogens is 2. The normalized spacial score (nSPS) is 16.6. The van der Waals surface area contributed by atoms with E-state index in [0.29, 0.717) is 35.2 Å². The number of carbonyl (C=O) groups excluding carboxylic acids is 2. The third-order valence-electron chi connectivity index (χ3n) is 5.77. The van der Waals surface area contributed by atoms with Gasteiger partial charge in [0.25, 0.3) is 5.91 Å². The molecule has 0 aliphatic carbocycles. The number of nitrogens with zero attached hydrogens (tertiary/aromatic N) is 3. The minimum atomic E-state index is -0.275. The lowest BCUT2D eigenvalue weighted by atomic mass is 9.99. The standard InChI is InChI=1S/C23H23N5O3/c29-21-13-26-22-20(28(21)14-15-5-8-31-9-6-15)11-17(12-25-22)23(30)27-18-3-4-19-16(10-18)2-1-7-24-19/h1-4,7,10-12,15H,5-6,8-9,13-14H2,(H,25,26)(H,27,30). The number of amides is 2. The average Bonchev–Trinajstić information content (AvgIpc) is 2.81. The third kappa shape index (κ3) is 4.06. The van der Waals surface area contributed by atoms with E-state index in [1.165, 1.54) is 6.20 Å². The molecule has 0 radical (unpaired) electrons. The highest BCUT2D eigenvalue weighted by Gasteiger charge is 2.29. The molecule has 2 amide bonds. The van der Waals surface area contributed by atoms with E-state index in [-0.39, 0.29) is 18.4 Å². The number of rotatable bonds is 4. The first kappa shape index (κ1) is 19.4. The van der Waals surface area contributed by atoms with Gasteiger partial charge in [0.1, 0.15) is 5.82 Å². The first-order chi connectivity index (χ1) is 15.2. The minimum Gasteiger partial charge on any atom is -0.381 e. The number of hydrogen-bond acceptors (Lipinski definition) is 6. The molecule has 0 spiro atoms. The summed E-state index contributed by atoms with van der Waals surface area (Å²) in [5.74, 6) is 0.718. The SMILES string of the molecule is O=C(Nc1ccc2ncccc2c1)c1cnc2c(c1)N(CC1CCOCC1)C(=O)CN2. The maximum atomic E-state index is 12.9. The summed E-state index contributed by atoms with van der Waals surface area (Å²) in [6.45, 7) is 2.26. The van der Waals surface area contributed by atoms with Crippen LogP contribution in [0.3, 0.4) is 0 Å². The topological polar surface area (TPSA) is 96.5 Å². The summed E-state index contributed by atoms with van der Waals surface area (Å²) in [5.41, 5.74) is 2.59. The Morgan fingerprint density at radius 2 is 2.06 bits per heavy atom. The molecule has 2 aromatic heterocycles. The van der Waals surface area contributed by atoms with E-state index >= 15 is 0 Å². The van der Waals surface area contributed by atoms with E-state index in [0.717, 1.165) is 37.0 Å². The molecule has 0 saturated carbocycles. The summed E-state index contributed by atoms with van der Waals surface area (Å²) in [6.07, 6.45) is 5.13. The monoisotopic (exact) mass is 417 g/mol. The van der Waals surface area contributed by atoms with Gasteiger partial charge in [0, 0.05) is 43.2 Å². The molecule has 5 rings (SSSR count). The summed E-state index contributed by atoms with van der Waals surface area (Å²) < 4.78 is 5.43. The minimum absolute atomic E-state index is 0.0135. The van der Waals surface area contributed by atoms with Crippen molar-refractivity contribution in [2.45, 2.75) is 12.8 Å². The highest BCUT2D eigenvalue weighted by atomic mass is 16.5. The molecule has 8 nitrogen and oxygen atoms in total. The first-order valence-corrected chi connectivity index (χ1v) is 10.5. The zero-order valence-electron chi connectivity index (χ0n) is 17.0. The predicted molar refractivity (Wildman–Crippen MR) is 118 cm³/mol. The second kappa shape index (κ2) is 8.31.